The molecular formula is C76H130O6. The zero-order valence-corrected chi connectivity index (χ0v) is 54.0. The van der Waals surface area contributed by atoms with E-state index in [-0.39, 0.29) is 31.1 Å². The van der Waals surface area contributed by atoms with E-state index in [4.69, 9.17) is 14.2 Å². The summed E-state index contributed by atoms with van der Waals surface area (Å²) in [5, 5.41) is 0. The maximum atomic E-state index is 12.9. The molecule has 0 N–H and O–H groups in total. The first kappa shape index (κ1) is 78.1. The molecule has 0 aromatic heterocycles. The molecule has 0 amide bonds. The Morgan fingerprint density at radius 2 is 0.500 bits per heavy atom. The van der Waals surface area contributed by atoms with Crippen LogP contribution in [0.2, 0.25) is 0 Å². The molecule has 6 heteroatoms. The Kier molecular flexibility index (Phi) is 66.2. The lowest BCUT2D eigenvalue weighted by Gasteiger charge is -2.18. The van der Waals surface area contributed by atoms with Gasteiger partial charge in [-0.25, -0.2) is 0 Å². The van der Waals surface area contributed by atoms with E-state index in [0.717, 1.165) is 135 Å². The number of carbonyl (C=O) groups excluding carboxylic acids is 3. The summed E-state index contributed by atoms with van der Waals surface area (Å²) >= 11 is 0. The number of hydrogen-bond acceptors (Lipinski definition) is 6. The third-order valence-corrected chi connectivity index (χ3v) is 15.0. The third kappa shape index (κ3) is 66.9. The largest absolute Gasteiger partial charge is 0.462 e. The number of unbranched alkanes of at least 4 members (excludes halogenated alkanes) is 34. The molecule has 1 unspecified atom stereocenters. The van der Waals surface area contributed by atoms with Crippen molar-refractivity contribution in [3.63, 3.8) is 0 Å². The van der Waals surface area contributed by atoms with Crippen LogP contribution in [0, 0.1) is 0 Å². The van der Waals surface area contributed by atoms with Crippen LogP contribution in [0.3, 0.4) is 0 Å². The zero-order valence-electron chi connectivity index (χ0n) is 54.0. The van der Waals surface area contributed by atoms with Crippen molar-refractivity contribution in [1.29, 1.82) is 0 Å². The SMILES string of the molecule is CC/C=C\C/C=C\C/C=C\C/C=C\C/C=C\C/C=C\C/C=C\C/C=C\CCCCCCCCC(=O)OCC(COC(=O)CCCCCCC/C=C\CCC)OC(=O)CCCCCCCCCCCCCCCCCCCCCCCCC. The average Bonchev–Trinajstić information content (AvgIpc) is 3.47. The van der Waals surface area contributed by atoms with Gasteiger partial charge in [-0.2, -0.15) is 0 Å². The van der Waals surface area contributed by atoms with Crippen molar-refractivity contribution in [1.82, 2.24) is 0 Å². The predicted octanol–water partition coefficient (Wildman–Crippen LogP) is 24.2. The molecule has 6 nitrogen and oxygen atoms in total. The Bertz CT molecular complexity index is 1640. The fourth-order valence-electron chi connectivity index (χ4n) is 9.82. The van der Waals surface area contributed by atoms with Crippen molar-refractivity contribution in [2.24, 2.45) is 0 Å². The van der Waals surface area contributed by atoms with E-state index in [1.54, 1.807) is 0 Å². The van der Waals surface area contributed by atoms with Gasteiger partial charge in [0.1, 0.15) is 13.2 Å². The normalized spacial score (nSPS) is 12.8. The van der Waals surface area contributed by atoms with Crippen molar-refractivity contribution in [2.45, 2.75) is 341 Å². The van der Waals surface area contributed by atoms with Gasteiger partial charge in [0.15, 0.2) is 6.10 Å². The lowest BCUT2D eigenvalue weighted by Crippen LogP contribution is -2.30. The highest BCUT2D eigenvalue weighted by molar-refractivity contribution is 5.71. The molecule has 0 fully saturated rings. The lowest BCUT2D eigenvalue weighted by atomic mass is 10.0. The second kappa shape index (κ2) is 69.6. The predicted molar refractivity (Wildman–Crippen MR) is 357 cm³/mol. The van der Waals surface area contributed by atoms with Crippen LogP contribution < -0.4 is 0 Å². The molecule has 0 saturated carbocycles. The molecule has 82 heavy (non-hydrogen) atoms. The average molecular weight is 1140 g/mol. The van der Waals surface area contributed by atoms with Gasteiger partial charge >= 0.3 is 17.9 Å². The van der Waals surface area contributed by atoms with Crippen LogP contribution in [0.4, 0.5) is 0 Å². The first-order chi connectivity index (χ1) is 40.5. The second-order valence-corrected chi connectivity index (χ2v) is 23.1. The maximum Gasteiger partial charge on any atom is 0.306 e. The molecular weight excluding hydrogens is 1010 g/mol. The molecule has 1 atom stereocenters. The maximum absolute atomic E-state index is 12.9. The number of esters is 3. The van der Waals surface area contributed by atoms with Gasteiger partial charge in [-0.05, 0) is 103 Å². The van der Waals surface area contributed by atoms with Crippen LogP contribution in [0.25, 0.3) is 0 Å². The number of rotatable bonds is 63. The highest BCUT2D eigenvalue weighted by Gasteiger charge is 2.19. The van der Waals surface area contributed by atoms with Crippen LogP contribution in [-0.4, -0.2) is 37.2 Å². The summed E-state index contributed by atoms with van der Waals surface area (Å²) in [4.78, 5) is 38.3. The first-order valence-corrected chi connectivity index (χ1v) is 34.9. The summed E-state index contributed by atoms with van der Waals surface area (Å²) < 4.78 is 16.9. The minimum absolute atomic E-state index is 0.0850. The van der Waals surface area contributed by atoms with E-state index in [1.807, 2.05) is 0 Å². The van der Waals surface area contributed by atoms with Gasteiger partial charge in [-0.3, -0.25) is 14.4 Å². The Hall–Kier alpha value is -3.93. The highest BCUT2D eigenvalue weighted by atomic mass is 16.6. The van der Waals surface area contributed by atoms with Crippen molar-refractivity contribution in [2.75, 3.05) is 13.2 Å². The van der Waals surface area contributed by atoms with E-state index in [0.29, 0.717) is 19.3 Å². The summed E-state index contributed by atoms with van der Waals surface area (Å²) in [5.41, 5.74) is 0. The van der Waals surface area contributed by atoms with Crippen LogP contribution in [0.15, 0.2) is 109 Å². The molecule has 0 aromatic rings. The molecule has 0 bridgehead atoms. The van der Waals surface area contributed by atoms with Gasteiger partial charge in [0.2, 0.25) is 0 Å². The van der Waals surface area contributed by atoms with E-state index in [2.05, 4.69) is 130 Å². The summed E-state index contributed by atoms with van der Waals surface area (Å²) in [6.45, 7) is 6.48. The Morgan fingerprint density at radius 3 is 0.805 bits per heavy atom. The van der Waals surface area contributed by atoms with Crippen molar-refractivity contribution < 1.29 is 28.6 Å². The monoisotopic (exact) mass is 1140 g/mol. The molecule has 0 rings (SSSR count). The zero-order chi connectivity index (χ0) is 59.2. The third-order valence-electron chi connectivity index (χ3n) is 15.0. The number of ether oxygens (including phenoxy) is 3. The van der Waals surface area contributed by atoms with Gasteiger partial charge in [-0.1, -0.05) is 323 Å². The van der Waals surface area contributed by atoms with Gasteiger partial charge in [0, 0.05) is 19.3 Å². The molecule has 0 spiro atoms. The van der Waals surface area contributed by atoms with Crippen molar-refractivity contribution >= 4 is 17.9 Å². The number of carbonyl (C=O) groups is 3. The second-order valence-electron chi connectivity index (χ2n) is 23.1. The summed E-state index contributed by atoms with van der Waals surface area (Å²) in [6.07, 6.45) is 95.5. The van der Waals surface area contributed by atoms with Crippen LogP contribution >= 0.6 is 0 Å². The Morgan fingerprint density at radius 1 is 0.256 bits per heavy atom. The van der Waals surface area contributed by atoms with Crippen LogP contribution in [0.1, 0.15) is 335 Å². The summed E-state index contributed by atoms with van der Waals surface area (Å²) in [5.74, 6) is -0.897. The number of hydrogen-bond donors (Lipinski definition) is 0. The quantitative estimate of drug-likeness (QED) is 0.0261. The first-order valence-electron chi connectivity index (χ1n) is 34.9. The van der Waals surface area contributed by atoms with Gasteiger partial charge < -0.3 is 14.2 Å². The minimum atomic E-state index is -0.788. The standard InChI is InChI=1S/C76H130O6/c1-4-7-10-13-16-19-22-24-26-28-30-32-34-35-36-37-38-39-40-41-43-44-46-48-50-52-54-57-60-63-66-69-75(78)81-72-73(71-80-74(77)68-65-62-59-56-21-18-15-12-9-6-3)82-76(79)70-67-64-61-58-55-53-51-49-47-45-42-33-31-29-27-25-23-20-17-14-11-8-5-2/h7,10,12,15-16,19,24,26,30,32,35-36,38-39,41,43,46,48,73H,4-6,8-9,11,13-14,17-18,20-23,25,27-29,31,33-34,37,40,42,44-45,47,49-72H2,1-3H3/b10-7-,15-12-,19-16-,26-24-,32-30-,36-35-,39-38-,43-41-,48-46-. The molecule has 0 aliphatic heterocycles. The van der Waals surface area contributed by atoms with Crippen molar-refractivity contribution in [3.8, 4) is 0 Å². The smallest absolute Gasteiger partial charge is 0.306 e. The topological polar surface area (TPSA) is 78.9 Å². The molecule has 0 radical (unpaired) electrons. The number of allylic oxidation sites excluding steroid dienone is 18. The molecule has 0 heterocycles. The van der Waals surface area contributed by atoms with Crippen molar-refractivity contribution in [3.05, 3.63) is 109 Å². The molecule has 470 valence electrons. The summed E-state index contributed by atoms with van der Waals surface area (Å²) in [7, 11) is 0. The van der Waals surface area contributed by atoms with Crippen LogP contribution in [0.5, 0.6) is 0 Å². The fourth-order valence-corrected chi connectivity index (χ4v) is 9.82. The van der Waals surface area contributed by atoms with E-state index in [1.165, 1.54) is 161 Å². The van der Waals surface area contributed by atoms with E-state index in [9.17, 15) is 14.4 Å². The van der Waals surface area contributed by atoms with Gasteiger partial charge in [0.05, 0.1) is 0 Å². The molecule has 0 aliphatic carbocycles. The van der Waals surface area contributed by atoms with E-state index >= 15 is 0 Å². The lowest BCUT2D eigenvalue weighted by molar-refractivity contribution is -0.167. The Balaban J connectivity index is 4.24. The molecule has 0 aliphatic rings. The fraction of sp³-hybridized carbons (Fsp3) is 0.724. The van der Waals surface area contributed by atoms with Crippen LogP contribution in [-0.2, 0) is 28.6 Å². The molecule has 0 saturated heterocycles. The highest BCUT2D eigenvalue weighted by Crippen LogP contribution is 2.17. The summed E-state index contributed by atoms with van der Waals surface area (Å²) in [6, 6.07) is 0. The minimum Gasteiger partial charge on any atom is -0.462 e. The van der Waals surface area contributed by atoms with Gasteiger partial charge in [-0.15, -0.1) is 0 Å². The van der Waals surface area contributed by atoms with E-state index < -0.39 is 6.10 Å². The van der Waals surface area contributed by atoms with Gasteiger partial charge in [0.25, 0.3) is 0 Å². The molecule has 0 aromatic carbocycles. The Labute approximate surface area is 508 Å².